The van der Waals surface area contributed by atoms with Gasteiger partial charge in [-0.2, -0.15) is 0 Å². The lowest BCUT2D eigenvalue weighted by molar-refractivity contribution is -0.120. The maximum absolute atomic E-state index is 12.1. The van der Waals surface area contributed by atoms with Crippen molar-refractivity contribution in [3.63, 3.8) is 0 Å². The molecule has 0 radical (unpaired) electrons. The summed E-state index contributed by atoms with van der Waals surface area (Å²) in [7, 11) is -3.43. The Labute approximate surface area is 144 Å². The summed E-state index contributed by atoms with van der Waals surface area (Å²) in [6.07, 6.45) is 4.58. The molecule has 1 N–H and O–H groups in total. The van der Waals surface area contributed by atoms with Gasteiger partial charge in [0.05, 0.1) is 11.9 Å². The van der Waals surface area contributed by atoms with Crippen LogP contribution in [0.4, 0.5) is 11.4 Å². The van der Waals surface area contributed by atoms with Crippen molar-refractivity contribution in [3.05, 3.63) is 24.3 Å². The van der Waals surface area contributed by atoms with Gasteiger partial charge in [-0.05, 0) is 43.5 Å². The van der Waals surface area contributed by atoms with Crippen molar-refractivity contribution in [1.82, 2.24) is 5.32 Å². The summed E-state index contributed by atoms with van der Waals surface area (Å²) in [5.74, 6) is -0.126. The molecule has 2 rings (SSSR count). The van der Waals surface area contributed by atoms with E-state index in [9.17, 15) is 13.2 Å². The van der Waals surface area contributed by atoms with Gasteiger partial charge in [0.2, 0.25) is 15.9 Å². The molecular formula is C17H27N3O3S. The lowest BCUT2D eigenvalue weighted by Crippen LogP contribution is -2.34. The molecule has 0 unspecified atom stereocenters. The van der Waals surface area contributed by atoms with Gasteiger partial charge in [-0.1, -0.05) is 6.92 Å². The second-order valence-corrected chi connectivity index (χ2v) is 8.05. The van der Waals surface area contributed by atoms with Crippen LogP contribution >= 0.6 is 0 Å². The van der Waals surface area contributed by atoms with Crippen LogP contribution in [0.25, 0.3) is 0 Å². The first-order chi connectivity index (χ1) is 11.4. The van der Waals surface area contributed by atoms with Gasteiger partial charge in [-0.3, -0.25) is 9.10 Å². The van der Waals surface area contributed by atoms with Crippen molar-refractivity contribution in [1.29, 1.82) is 0 Å². The predicted molar refractivity (Wildman–Crippen MR) is 98.0 cm³/mol. The standard InChI is InChI=1S/C17H27N3O3S/c1-3-11-18-17(21)10-14-20(24(2,22)23)16-8-6-15(7-9-16)19-12-4-5-13-19/h6-9H,3-5,10-14H2,1-2H3,(H,18,21). The highest BCUT2D eigenvalue weighted by molar-refractivity contribution is 7.92. The number of hydrogen-bond acceptors (Lipinski definition) is 4. The number of anilines is 2. The molecule has 1 fully saturated rings. The lowest BCUT2D eigenvalue weighted by atomic mass is 10.2. The van der Waals surface area contributed by atoms with E-state index in [1.54, 1.807) is 0 Å². The SMILES string of the molecule is CCCNC(=O)CCN(c1ccc(N2CCCC2)cc1)S(C)(=O)=O. The Kier molecular flexibility index (Phi) is 6.48. The quantitative estimate of drug-likeness (QED) is 0.776. The minimum absolute atomic E-state index is 0.126. The average molecular weight is 353 g/mol. The van der Waals surface area contributed by atoms with Crippen molar-refractivity contribution in [3.8, 4) is 0 Å². The molecule has 0 bridgehead atoms. The van der Waals surface area contributed by atoms with E-state index in [-0.39, 0.29) is 18.9 Å². The van der Waals surface area contributed by atoms with Crippen molar-refractivity contribution < 1.29 is 13.2 Å². The molecule has 6 nitrogen and oxygen atoms in total. The number of carbonyl (C=O) groups is 1. The molecular weight excluding hydrogens is 326 g/mol. The summed E-state index contributed by atoms with van der Waals surface area (Å²) >= 11 is 0. The molecule has 7 heteroatoms. The second kappa shape index (κ2) is 8.37. The normalized spacial score (nSPS) is 14.7. The van der Waals surface area contributed by atoms with E-state index in [2.05, 4.69) is 10.2 Å². The van der Waals surface area contributed by atoms with E-state index >= 15 is 0 Å². The molecule has 0 aliphatic carbocycles. The molecule has 1 amide bonds. The molecule has 0 aromatic heterocycles. The van der Waals surface area contributed by atoms with Crippen LogP contribution in [0.5, 0.6) is 0 Å². The van der Waals surface area contributed by atoms with Gasteiger partial charge in [0.15, 0.2) is 0 Å². The first-order valence-corrected chi connectivity index (χ1v) is 10.4. The van der Waals surface area contributed by atoms with Crippen LogP contribution in [-0.4, -0.2) is 46.8 Å². The summed E-state index contributed by atoms with van der Waals surface area (Å²) in [4.78, 5) is 14.1. The maximum Gasteiger partial charge on any atom is 0.232 e. The first-order valence-electron chi connectivity index (χ1n) is 8.51. The van der Waals surface area contributed by atoms with Gasteiger partial charge in [-0.15, -0.1) is 0 Å². The summed E-state index contributed by atoms with van der Waals surface area (Å²) < 4.78 is 25.5. The molecule has 134 valence electrons. The van der Waals surface area contributed by atoms with Gasteiger partial charge in [-0.25, -0.2) is 8.42 Å². The fraction of sp³-hybridized carbons (Fsp3) is 0.588. The Balaban J connectivity index is 2.06. The second-order valence-electron chi connectivity index (χ2n) is 6.15. The summed E-state index contributed by atoms with van der Waals surface area (Å²) in [6.45, 7) is 4.84. The van der Waals surface area contributed by atoms with Gasteiger partial charge < -0.3 is 10.2 Å². The van der Waals surface area contributed by atoms with E-state index < -0.39 is 10.0 Å². The van der Waals surface area contributed by atoms with E-state index in [4.69, 9.17) is 0 Å². The highest BCUT2D eigenvalue weighted by atomic mass is 32.2. The number of nitrogens with zero attached hydrogens (tertiary/aromatic N) is 2. The number of hydrogen-bond donors (Lipinski definition) is 1. The molecule has 24 heavy (non-hydrogen) atoms. The Morgan fingerprint density at radius 1 is 1.21 bits per heavy atom. The topological polar surface area (TPSA) is 69.7 Å². The maximum atomic E-state index is 12.1. The minimum Gasteiger partial charge on any atom is -0.372 e. The predicted octanol–water partition coefficient (Wildman–Crippen LogP) is 1.97. The molecule has 1 saturated heterocycles. The average Bonchev–Trinajstić information content (AvgIpc) is 3.07. The highest BCUT2D eigenvalue weighted by Crippen LogP contribution is 2.25. The molecule has 1 aliphatic heterocycles. The molecule has 0 saturated carbocycles. The molecule has 1 aromatic carbocycles. The van der Waals surface area contributed by atoms with E-state index in [1.807, 2.05) is 31.2 Å². The lowest BCUT2D eigenvalue weighted by Gasteiger charge is -2.24. The molecule has 0 spiro atoms. The monoisotopic (exact) mass is 353 g/mol. The largest absolute Gasteiger partial charge is 0.372 e. The molecule has 1 heterocycles. The third kappa shape index (κ3) is 5.12. The summed E-state index contributed by atoms with van der Waals surface area (Å²) in [6, 6.07) is 7.54. The van der Waals surface area contributed by atoms with E-state index in [0.717, 1.165) is 25.2 Å². The third-order valence-corrected chi connectivity index (χ3v) is 5.32. The fourth-order valence-corrected chi connectivity index (χ4v) is 3.77. The van der Waals surface area contributed by atoms with E-state index in [0.29, 0.717) is 12.2 Å². The van der Waals surface area contributed by atoms with Crippen LogP contribution in [0.1, 0.15) is 32.6 Å². The van der Waals surface area contributed by atoms with Crippen LogP contribution in [0.15, 0.2) is 24.3 Å². The number of carbonyl (C=O) groups excluding carboxylic acids is 1. The van der Waals surface area contributed by atoms with Gasteiger partial charge in [0.25, 0.3) is 0 Å². The van der Waals surface area contributed by atoms with Gasteiger partial charge in [0, 0.05) is 38.3 Å². The van der Waals surface area contributed by atoms with E-state index in [1.165, 1.54) is 23.4 Å². The Morgan fingerprint density at radius 2 is 1.83 bits per heavy atom. The number of nitrogens with one attached hydrogen (secondary N) is 1. The minimum atomic E-state index is -3.43. The van der Waals surface area contributed by atoms with Crippen molar-refractivity contribution in [2.75, 3.05) is 41.6 Å². The Hall–Kier alpha value is -1.76. The highest BCUT2D eigenvalue weighted by Gasteiger charge is 2.19. The van der Waals surface area contributed by atoms with Crippen LogP contribution in [0.3, 0.4) is 0 Å². The number of rotatable bonds is 8. The smallest absolute Gasteiger partial charge is 0.232 e. The zero-order chi connectivity index (χ0) is 17.6. The zero-order valence-corrected chi connectivity index (χ0v) is 15.3. The van der Waals surface area contributed by atoms with Crippen molar-refractivity contribution in [2.24, 2.45) is 0 Å². The Morgan fingerprint density at radius 3 is 2.38 bits per heavy atom. The molecule has 1 aliphatic rings. The van der Waals surface area contributed by atoms with Gasteiger partial charge in [0.1, 0.15) is 0 Å². The van der Waals surface area contributed by atoms with Crippen LogP contribution < -0.4 is 14.5 Å². The Bertz CT molecular complexity index is 638. The van der Waals surface area contributed by atoms with Crippen molar-refractivity contribution >= 4 is 27.3 Å². The molecule has 0 atom stereocenters. The number of amides is 1. The van der Waals surface area contributed by atoms with Crippen LogP contribution in [0, 0.1) is 0 Å². The summed E-state index contributed by atoms with van der Waals surface area (Å²) in [5, 5.41) is 2.77. The van der Waals surface area contributed by atoms with Crippen molar-refractivity contribution in [2.45, 2.75) is 32.6 Å². The van der Waals surface area contributed by atoms with Gasteiger partial charge >= 0.3 is 0 Å². The summed E-state index contributed by atoms with van der Waals surface area (Å²) in [5.41, 5.74) is 1.72. The number of sulfonamides is 1. The van der Waals surface area contributed by atoms with Crippen LogP contribution in [-0.2, 0) is 14.8 Å². The molecule has 1 aromatic rings. The van der Waals surface area contributed by atoms with Crippen LogP contribution in [0.2, 0.25) is 0 Å². The zero-order valence-electron chi connectivity index (χ0n) is 14.5. The number of benzene rings is 1. The third-order valence-electron chi connectivity index (χ3n) is 4.12. The first kappa shape index (κ1) is 18.6. The fourth-order valence-electron chi connectivity index (χ4n) is 2.85.